The maximum atomic E-state index is 12.6. The van der Waals surface area contributed by atoms with E-state index in [0.717, 1.165) is 64.2 Å². The first-order chi connectivity index (χ1) is 15.3. The summed E-state index contributed by atoms with van der Waals surface area (Å²) < 4.78 is 25.0. The molecule has 6 rings (SSSR count). The molecule has 0 radical (unpaired) electrons. The Morgan fingerprint density at radius 1 is 1.00 bits per heavy atom. The molecule has 5 fully saturated rings. The van der Waals surface area contributed by atoms with Crippen LogP contribution in [0.15, 0.2) is 11.6 Å². The lowest BCUT2D eigenvalue weighted by Gasteiger charge is -2.65. The van der Waals surface area contributed by atoms with Crippen molar-refractivity contribution in [3.05, 3.63) is 11.6 Å². The molecular weight excluding hydrogens is 404 g/mol. The highest BCUT2D eigenvalue weighted by Crippen LogP contribution is 2.72. The summed E-state index contributed by atoms with van der Waals surface area (Å²) in [5.41, 5.74) is 0.684. The zero-order valence-electron chi connectivity index (χ0n) is 20.3. The Morgan fingerprint density at radius 2 is 1.72 bits per heavy atom. The molecule has 3 saturated carbocycles. The van der Waals surface area contributed by atoms with Crippen LogP contribution >= 0.6 is 0 Å². The van der Waals surface area contributed by atoms with Crippen molar-refractivity contribution in [2.75, 3.05) is 26.4 Å². The van der Waals surface area contributed by atoms with Gasteiger partial charge < -0.3 is 24.1 Å². The zero-order chi connectivity index (χ0) is 22.2. The number of hydrogen-bond donors (Lipinski definition) is 1. The summed E-state index contributed by atoms with van der Waals surface area (Å²) in [5, 5.41) is 12.6. The van der Waals surface area contributed by atoms with Crippen molar-refractivity contribution in [1.82, 2.24) is 0 Å². The minimum Gasteiger partial charge on any atom is -0.390 e. The number of hydrogen-bond acceptors (Lipinski definition) is 5. The van der Waals surface area contributed by atoms with Crippen molar-refractivity contribution in [2.45, 2.75) is 102 Å². The van der Waals surface area contributed by atoms with E-state index in [1.54, 1.807) is 0 Å². The minimum atomic E-state index is -0.686. The van der Waals surface area contributed by atoms with Gasteiger partial charge in [0.2, 0.25) is 0 Å². The van der Waals surface area contributed by atoms with Crippen molar-refractivity contribution in [3.63, 3.8) is 0 Å². The molecule has 6 unspecified atom stereocenters. The Morgan fingerprint density at radius 3 is 2.44 bits per heavy atom. The number of aliphatic hydroxyl groups is 1. The maximum Gasteiger partial charge on any atom is 0.174 e. The Bertz CT molecular complexity index is 781. The van der Waals surface area contributed by atoms with Crippen LogP contribution in [0.2, 0.25) is 0 Å². The molecular formula is C27H42O5. The number of rotatable bonds is 3. The summed E-state index contributed by atoms with van der Waals surface area (Å²) in [5.74, 6) is 0.407. The molecule has 1 N–H and O–H groups in total. The molecule has 4 aliphatic carbocycles. The average Bonchev–Trinajstić information content (AvgIpc) is 3.49. The van der Waals surface area contributed by atoms with E-state index in [2.05, 4.69) is 26.8 Å². The Hall–Kier alpha value is -0.460. The van der Waals surface area contributed by atoms with Crippen molar-refractivity contribution < 1.29 is 24.1 Å². The van der Waals surface area contributed by atoms with Gasteiger partial charge in [0, 0.05) is 30.6 Å². The molecule has 180 valence electrons. The molecule has 0 aromatic heterocycles. The summed E-state index contributed by atoms with van der Waals surface area (Å²) in [6, 6.07) is 0. The monoisotopic (exact) mass is 446 g/mol. The van der Waals surface area contributed by atoms with Crippen LogP contribution in [-0.2, 0) is 18.9 Å². The Labute approximate surface area is 193 Å². The second-order valence-corrected chi connectivity index (χ2v) is 12.2. The Balaban J connectivity index is 1.41. The predicted molar refractivity (Wildman–Crippen MR) is 121 cm³/mol. The van der Waals surface area contributed by atoms with Gasteiger partial charge >= 0.3 is 0 Å². The fourth-order valence-electron chi connectivity index (χ4n) is 9.46. The molecule has 0 bridgehead atoms. The van der Waals surface area contributed by atoms with Crippen molar-refractivity contribution in [1.29, 1.82) is 0 Å². The largest absolute Gasteiger partial charge is 0.390 e. The van der Waals surface area contributed by atoms with Crippen LogP contribution < -0.4 is 0 Å². The molecule has 5 nitrogen and oxygen atoms in total. The smallest absolute Gasteiger partial charge is 0.174 e. The summed E-state index contributed by atoms with van der Waals surface area (Å²) in [4.78, 5) is 0. The third-order valence-corrected chi connectivity index (χ3v) is 10.7. The van der Waals surface area contributed by atoms with E-state index in [-0.39, 0.29) is 16.7 Å². The quantitative estimate of drug-likeness (QED) is 0.621. The first-order valence-corrected chi connectivity index (χ1v) is 13.3. The highest BCUT2D eigenvalue weighted by atomic mass is 16.7. The van der Waals surface area contributed by atoms with Crippen LogP contribution in [0.4, 0.5) is 0 Å². The van der Waals surface area contributed by atoms with E-state index in [9.17, 15) is 5.11 Å². The second-order valence-electron chi connectivity index (χ2n) is 12.2. The highest BCUT2D eigenvalue weighted by Gasteiger charge is 2.72. The lowest BCUT2D eigenvalue weighted by molar-refractivity contribution is -0.279. The fraction of sp³-hybridized carbons (Fsp3) is 0.926. The first kappa shape index (κ1) is 22.0. The van der Waals surface area contributed by atoms with E-state index >= 15 is 0 Å². The average molecular weight is 447 g/mol. The molecule has 2 saturated heterocycles. The molecule has 6 atom stereocenters. The van der Waals surface area contributed by atoms with Crippen molar-refractivity contribution >= 4 is 0 Å². The van der Waals surface area contributed by atoms with Gasteiger partial charge in [-0.15, -0.1) is 0 Å². The molecule has 32 heavy (non-hydrogen) atoms. The lowest BCUT2D eigenvalue weighted by Crippen LogP contribution is -2.65. The zero-order valence-corrected chi connectivity index (χ0v) is 20.3. The van der Waals surface area contributed by atoms with E-state index in [0.29, 0.717) is 38.3 Å². The molecule has 6 aliphatic rings. The van der Waals surface area contributed by atoms with Crippen LogP contribution in [0.25, 0.3) is 0 Å². The molecule has 2 spiro atoms. The topological polar surface area (TPSA) is 57.2 Å². The molecule has 0 aromatic carbocycles. The number of ether oxygens (including phenoxy) is 4. The number of allylic oxidation sites excluding steroid dienone is 1. The fourth-order valence-corrected chi connectivity index (χ4v) is 9.46. The molecule has 2 aliphatic heterocycles. The van der Waals surface area contributed by atoms with Crippen molar-refractivity contribution in [2.24, 2.45) is 28.6 Å². The highest BCUT2D eigenvalue weighted by molar-refractivity contribution is 5.30. The molecule has 5 heteroatoms. The standard InChI is InChI=1S/C27H42O5/c1-4-5-9-25(28)18-24(3)21(8-10-27(24)31-15-16-32-27)20-7-6-19-17-26(29-13-14-30-26)12-11-23(19,2)22(20)25/h6,20-22,28H,4-5,7-18H2,1-3H3. The summed E-state index contributed by atoms with van der Waals surface area (Å²) in [7, 11) is 0. The normalized spacial score (nSPS) is 48.5. The van der Waals surface area contributed by atoms with E-state index < -0.39 is 17.2 Å². The second kappa shape index (κ2) is 7.27. The molecule has 2 heterocycles. The minimum absolute atomic E-state index is 0.0143. The van der Waals surface area contributed by atoms with Crippen LogP contribution in [0, 0.1) is 28.6 Å². The number of fused-ring (bicyclic) bond motifs is 6. The lowest BCUT2D eigenvalue weighted by atomic mass is 9.42. The van der Waals surface area contributed by atoms with Gasteiger partial charge in [-0.25, -0.2) is 0 Å². The summed E-state index contributed by atoms with van der Waals surface area (Å²) in [6.45, 7) is 9.85. The van der Waals surface area contributed by atoms with Crippen molar-refractivity contribution in [3.8, 4) is 0 Å². The van der Waals surface area contributed by atoms with Gasteiger partial charge in [-0.3, -0.25) is 0 Å². The third kappa shape index (κ3) is 2.81. The van der Waals surface area contributed by atoms with Gasteiger partial charge in [-0.05, 0) is 49.4 Å². The first-order valence-electron chi connectivity index (χ1n) is 13.3. The van der Waals surface area contributed by atoms with Gasteiger partial charge in [0.15, 0.2) is 11.6 Å². The van der Waals surface area contributed by atoms with Crippen LogP contribution in [-0.4, -0.2) is 48.7 Å². The van der Waals surface area contributed by atoms with Crippen LogP contribution in [0.3, 0.4) is 0 Å². The van der Waals surface area contributed by atoms with Gasteiger partial charge in [0.1, 0.15) is 0 Å². The summed E-state index contributed by atoms with van der Waals surface area (Å²) >= 11 is 0. The number of unbranched alkanes of at least 4 members (excludes halogenated alkanes) is 1. The molecule has 0 aromatic rings. The van der Waals surface area contributed by atoms with Gasteiger partial charge in [0.05, 0.1) is 32.0 Å². The van der Waals surface area contributed by atoms with E-state index in [4.69, 9.17) is 18.9 Å². The van der Waals surface area contributed by atoms with E-state index in [1.807, 2.05) is 0 Å². The Kier molecular flexibility index (Phi) is 5.01. The van der Waals surface area contributed by atoms with Gasteiger partial charge in [0.25, 0.3) is 0 Å². The SMILES string of the molecule is CCCCC1(O)CC2(C)C(CCC23OCCO3)C2CC=C3CC4(CCC3(C)C21)OCCO4. The third-order valence-electron chi connectivity index (χ3n) is 10.7. The van der Waals surface area contributed by atoms with Gasteiger partial charge in [-0.1, -0.05) is 45.3 Å². The maximum absolute atomic E-state index is 12.6. The predicted octanol–water partition coefficient (Wildman–Crippen LogP) is 4.97. The summed E-state index contributed by atoms with van der Waals surface area (Å²) in [6.07, 6.45) is 12.4. The van der Waals surface area contributed by atoms with Gasteiger partial charge in [-0.2, -0.15) is 0 Å². The van der Waals surface area contributed by atoms with E-state index in [1.165, 1.54) is 5.57 Å². The molecule has 0 amide bonds. The van der Waals surface area contributed by atoms with Crippen LogP contribution in [0.5, 0.6) is 0 Å². The van der Waals surface area contributed by atoms with Crippen LogP contribution in [0.1, 0.15) is 85.0 Å².